The first-order chi connectivity index (χ1) is 10.6. The Balaban J connectivity index is 2.26. The minimum atomic E-state index is 0.273. The lowest BCUT2D eigenvalue weighted by atomic mass is 10.1. The van der Waals surface area contributed by atoms with Crippen LogP contribution in [0.4, 0.5) is 0 Å². The summed E-state index contributed by atoms with van der Waals surface area (Å²) in [4.78, 5) is 0. The Morgan fingerprint density at radius 1 is 1.00 bits per heavy atom. The van der Waals surface area contributed by atoms with Crippen molar-refractivity contribution in [1.29, 1.82) is 0 Å². The molecule has 112 valence electrons. The second-order valence-electron chi connectivity index (χ2n) is 5.62. The lowest BCUT2D eigenvalue weighted by molar-refractivity contribution is 0.471. The fourth-order valence-electron chi connectivity index (χ4n) is 2.69. The first-order valence-corrected chi connectivity index (χ1v) is 7.55. The van der Waals surface area contributed by atoms with Crippen molar-refractivity contribution in [3.05, 3.63) is 65.4 Å². The van der Waals surface area contributed by atoms with Gasteiger partial charge in [-0.3, -0.25) is 0 Å². The standard InChI is InChI=1S/C19H20N2O/c1-4-17-19(22)18(15-9-5-7-13(2)11-15)21(20-17)16-10-6-8-14(3)12-16/h5-12,22H,4H2,1-3H3. The summed E-state index contributed by atoms with van der Waals surface area (Å²) in [5.41, 5.74) is 5.74. The molecule has 3 nitrogen and oxygen atoms in total. The summed E-state index contributed by atoms with van der Waals surface area (Å²) in [6, 6.07) is 16.3. The third-order valence-corrected chi connectivity index (χ3v) is 3.80. The highest BCUT2D eigenvalue weighted by molar-refractivity contribution is 5.70. The number of aromatic hydroxyl groups is 1. The zero-order valence-electron chi connectivity index (χ0n) is 13.2. The molecule has 0 aliphatic carbocycles. The fraction of sp³-hybridized carbons (Fsp3) is 0.211. The van der Waals surface area contributed by atoms with Crippen molar-refractivity contribution in [2.45, 2.75) is 27.2 Å². The normalized spacial score (nSPS) is 10.9. The highest BCUT2D eigenvalue weighted by Crippen LogP contribution is 2.35. The number of benzene rings is 2. The molecule has 0 aliphatic rings. The van der Waals surface area contributed by atoms with Crippen LogP contribution in [0.2, 0.25) is 0 Å². The Hall–Kier alpha value is -2.55. The summed E-state index contributed by atoms with van der Waals surface area (Å²) in [6.45, 7) is 6.11. The molecule has 0 unspecified atom stereocenters. The van der Waals surface area contributed by atoms with Gasteiger partial charge in [0, 0.05) is 5.56 Å². The van der Waals surface area contributed by atoms with Crippen LogP contribution in [0.15, 0.2) is 48.5 Å². The average Bonchev–Trinajstić information content (AvgIpc) is 2.84. The second kappa shape index (κ2) is 5.68. The van der Waals surface area contributed by atoms with Crippen LogP contribution in [0.25, 0.3) is 16.9 Å². The first-order valence-electron chi connectivity index (χ1n) is 7.55. The van der Waals surface area contributed by atoms with Crippen LogP contribution in [0.5, 0.6) is 5.75 Å². The van der Waals surface area contributed by atoms with Gasteiger partial charge in [-0.25, -0.2) is 4.68 Å². The molecule has 0 spiro atoms. The molecule has 1 N–H and O–H groups in total. The molecule has 0 fully saturated rings. The molecule has 22 heavy (non-hydrogen) atoms. The number of rotatable bonds is 3. The van der Waals surface area contributed by atoms with E-state index in [-0.39, 0.29) is 5.75 Å². The molecule has 3 rings (SSSR count). The van der Waals surface area contributed by atoms with E-state index in [1.165, 1.54) is 5.56 Å². The number of nitrogens with zero attached hydrogens (tertiary/aromatic N) is 2. The predicted octanol–water partition coefficient (Wildman–Crippen LogP) is 4.42. The van der Waals surface area contributed by atoms with E-state index in [0.717, 1.165) is 28.2 Å². The number of aryl methyl sites for hydroxylation is 3. The number of hydrogen-bond donors (Lipinski definition) is 1. The van der Waals surface area contributed by atoms with Gasteiger partial charge in [-0.05, 0) is 44.0 Å². The molecule has 0 aliphatic heterocycles. The fourth-order valence-corrected chi connectivity index (χ4v) is 2.69. The van der Waals surface area contributed by atoms with E-state index < -0.39 is 0 Å². The first kappa shape index (κ1) is 14.4. The van der Waals surface area contributed by atoms with Crippen molar-refractivity contribution in [2.24, 2.45) is 0 Å². The van der Waals surface area contributed by atoms with Crippen LogP contribution in [0.3, 0.4) is 0 Å². The summed E-state index contributed by atoms with van der Waals surface area (Å²) in [5.74, 6) is 0.273. The van der Waals surface area contributed by atoms with Crippen LogP contribution < -0.4 is 0 Å². The molecule has 3 heteroatoms. The van der Waals surface area contributed by atoms with E-state index in [1.54, 1.807) is 0 Å². The van der Waals surface area contributed by atoms with Gasteiger partial charge in [0.15, 0.2) is 5.75 Å². The Bertz CT molecular complexity index is 818. The van der Waals surface area contributed by atoms with E-state index in [4.69, 9.17) is 0 Å². The molecule has 3 aromatic rings. The summed E-state index contributed by atoms with van der Waals surface area (Å²) < 4.78 is 1.84. The maximum Gasteiger partial charge on any atom is 0.165 e. The van der Waals surface area contributed by atoms with E-state index >= 15 is 0 Å². The van der Waals surface area contributed by atoms with Gasteiger partial charge < -0.3 is 5.11 Å². The Labute approximate surface area is 130 Å². The van der Waals surface area contributed by atoms with Gasteiger partial charge in [0.05, 0.1) is 5.69 Å². The van der Waals surface area contributed by atoms with Gasteiger partial charge in [0.1, 0.15) is 11.4 Å². The van der Waals surface area contributed by atoms with Gasteiger partial charge in [-0.15, -0.1) is 0 Å². The minimum Gasteiger partial charge on any atom is -0.504 e. The van der Waals surface area contributed by atoms with Gasteiger partial charge in [0.2, 0.25) is 0 Å². The van der Waals surface area contributed by atoms with Gasteiger partial charge in [-0.1, -0.05) is 42.8 Å². The van der Waals surface area contributed by atoms with Crippen molar-refractivity contribution in [3.63, 3.8) is 0 Å². The van der Waals surface area contributed by atoms with Crippen molar-refractivity contribution < 1.29 is 5.11 Å². The van der Waals surface area contributed by atoms with Gasteiger partial charge >= 0.3 is 0 Å². The summed E-state index contributed by atoms with van der Waals surface area (Å²) >= 11 is 0. The molecule has 0 bridgehead atoms. The molecule has 0 amide bonds. The quantitative estimate of drug-likeness (QED) is 0.775. The van der Waals surface area contributed by atoms with E-state index in [0.29, 0.717) is 6.42 Å². The van der Waals surface area contributed by atoms with Gasteiger partial charge in [0.25, 0.3) is 0 Å². The zero-order chi connectivity index (χ0) is 15.7. The van der Waals surface area contributed by atoms with Crippen LogP contribution in [0.1, 0.15) is 23.7 Å². The summed E-state index contributed by atoms with van der Waals surface area (Å²) in [6.07, 6.45) is 0.698. The number of hydrogen-bond acceptors (Lipinski definition) is 2. The maximum absolute atomic E-state index is 10.6. The van der Waals surface area contributed by atoms with Crippen molar-refractivity contribution >= 4 is 0 Å². The third kappa shape index (κ3) is 2.50. The second-order valence-corrected chi connectivity index (χ2v) is 5.62. The smallest absolute Gasteiger partial charge is 0.165 e. The molecule has 1 heterocycles. The van der Waals surface area contributed by atoms with E-state index in [1.807, 2.05) is 35.9 Å². The highest BCUT2D eigenvalue weighted by Gasteiger charge is 2.19. The summed E-state index contributed by atoms with van der Waals surface area (Å²) in [7, 11) is 0. The van der Waals surface area contributed by atoms with Crippen molar-refractivity contribution in [2.75, 3.05) is 0 Å². The monoisotopic (exact) mass is 292 g/mol. The zero-order valence-corrected chi connectivity index (χ0v) is 13.2. The largest absolute Gasteiger partial charge is 0.504 e. The van der Waals surface area contributed by atoms with Crippen LogP contribution in [-0.2, 0) is 6.42 Å². The van der Waals surface area contributed by atoms with E-state index in [2.05, 4.69) is 43.2 Å². The molecule has 0 saturated heterocycles. The number of aromatic nitrogens is 2. The lowest BCUT2D eigenvalue weighted by Crippen LogP contribution is -2.00. The molecule has 0 radical (unpaired) electrons. The molecule has 0 saturated carbocycles. The third-order valence-electron chi connectivity index (χ3n) is 3.80. The average molecular weight is 292 g/mol. The van der Waals surface area contributed by atoms with Crippen LogP contribution >= 0.6 is 0 Å². The van der Waals surface area contributed by atoms with Crippen LogP contribution in [0, 0.1) is 13.8 Å². The van der Waals surface area contributed by atoms with E-state index in [9.17, 15) is 5.11 Å². The topological polar surface area (TPSA) is 38.0 Å². The Morgan fingerprint density at radius 3 is 2.32 bits per heavy atom. The van der Waals surface area contributed by atoms with Crippen LogP contribution in [-0.4, -0.2) is 14.9 Å². The Morgan fingerprint density at radius 2 is 1.68 bits per heavy atom. The maximum atomic E-state index is 10.6. The molecular weight excluding hydrogens is 272 g/mol. The SMILES string of the molecule is CCc1nn(-c2cccc(C)c2)c(-c2cccc(C)c2)c1O. The Kier molecular flexibility index (Phi) is 3.72. The predicted molar refractivity (Wildman–Crippen MR) is 89.5 cm³/mol. The van der Waals surface area contributed by atoms with Crippen molar-refractivity contribution in [3.8, 4) is 22.7 Å². The lowest BCUT2D eigenvalue weighted by Gasteiger charge is -2.09. The molecular formula is C19H20N2O. The molecule has 0 atom stereocenters. The van der Waals surface area contributed by atoms with Gasteiger partial charge in [-0.2, -0.15) is 5.10 Å². The summed E-state index contributed by atoms with van der Waals surface area (Å²) in [5, 5.41) is 15.2. The highest BCUT2D eigenvalue weighted by atomic mass is 16.3. The molecule has 1 aromatic heterocycles. The van der Waals surface area contributed by atoms with Crippen molar-refractivity contribution in [1.82, 2.24) is 9.78 Å². The molecule has 2 aromatic carbocycles. The minimum absolute atomic E-state index is 0.273.